The fourth-order valence-electron chi connectivity index (χ4n) is 3.44. The quantitative estimate of drug-likeness (QED) is 0.865. The first-order valence-electron chi connectivity index (χ1n) is 9.78. The molecule has 0 aliphatic carbocycles. The number of rotatable bonds is 5. The molecule has 0 radical (unpaired) electrons. The van der Waals surface area contributed by atoms with E-state index in [1.54, 1.807) is 0 Å². The summed E-state index contributed by atoms with van der Waals surface area (Å²) in [6.07, 6.45) is 1.51. The van der Waals surface area contributed by atoms with Crippen molar-refractivity contribution >= 4 is 11.8 Å². The molecule has 148 valence electrons. The van der Waals surface area contributed by atoms with Crippen molar-refractivity contribution in [2.45, 2.75) is 39.7 Å². The number of ether oxygens (including phenoxy) is 1. The third-order valence-corrected chi connectivity index (χ3v) is 5.18. The summed E-state index contributed by atoms with van der Waals surface area (Å²) in [5.74, 6) is 0.686. The summed E-state index contributed by atoms with van der Waals surface area (Å²) in [5, 5.41) is 3.08. The summed E-state index contributed by atoms with van der Waals surface area (Å²) < 4.78 is 5.70. The number of carbonyl (C=O) groups excluding carboxylic acids is 2. The summed E-state index contributed by atoms with van der Waals surface area (Å²) in [6.45, 7) is 7.32. The normalized spacial score (nSPS) is 14.6. The summed E-state index contributed by atoms with van der Waals surface area (Å²) in [6, 6.07) is 13.6. The molecule has 0 bridgehead atoms. The van der Waals surface area contributed by atoms with Gasteiger partial charge in [-0.1, -0.05) is 35.4 Å². The third kappa shape index (κ3) is 5.12. The topological polar surface area (TPSA) is 58.6 Å². The Kier molecular flexibility index (Phi) is 6.34. The number of nitrogens with one attached hydrogen (secondary N) is 1. The molecule has 2 amide bonds. The van der Waals surface area contributed by atoms with Gasteiger partial charge in [0.1, 0.15) is 5.75 Å². The third-order valence-electron chi connectivity index (χ3n) is 5.18. The van der Waals surface area contributed by atoms with E-state index in [4.69, 9.17) is 4.74 Å². The van der Waals surface area contributed by atoms with Crippen molar-refractivity contribution in [1.82, 2.24) is 10.2 Å². The van der Waals surface area contributed by atoms with Gasteiger partial charge in [0.25, 0.3) is 11.8 Å². The van der Waals surface area contributed by atoms with Crippen LogP contribution in [0.1, 0.15) is 39.9 Å². The van der Waals surface area contributed by atoms with Gasteiger partial charge < -0.3 is 15.0 Å². The van der Waals surface area contributed by atoms with Crippen molar-refractivity contribution in [3.8, 4) is 5.75 Å². The first kappa shape index (κ1) is 19.9. The molecule has 0 saturated carbocycles. The molecule has 0 spiro atoms. The van der Waals surface area contributed by atoms with E-state index < -0.39 is 0 Å². The van der Waals surface area contributed by atoms with Crippen molar-refractivity contribution < 1.29 is 14.3 Å². The minimum absolute atomic E-state index is 0.0108. The Labute approximate surface area is 166 Å². The second kappa shape index (κ2) is 8.91. The summed E-state index contributed by atoms with van der Waals surface area (Å²) in [4.78, 5) is 26.6. The number of amides is 2. The van der Waals surface area contributed by atoms with Crippen LogP contribution in [0, 0.1) is 20.8 Å². The number of piperidine rings is 1. The second-order valence-corrected chi connectivity index (χ2v) is 7.55. The van der Waals surface area contributed by atoms with E-state index in [9.17, 15) is 9.59 Å². The van der Waals surface area contributed by atoms with Crippen LogP contribution in [0.2, 0.25) is 0 Å². The lowest BCUT2D eigenvalue weighted by molar-refractivity contribution is -0.134. The molecule has 1 heterocycles. The fraction of sp³-hybridized carbons (Fsp3) is 0.391. The maximum Gasteiger partial charge on any atom is 0.260 e. The number of carbonyl (C=O) groups is 2. The van der Waals surface area contributed by atoms with Gasteiger partial charge in [-0.25, -0.2) is 0 Å². The van der Waals surface area contributed by atoms with E-state index >= 15 is 0 Å². The van der Waals surface area contributed by atoms with E-state index in [2.05, 4.69) is 5.32 Å². The second-order valence-electron chi connectivity index (χ2n) is 7.55. The predicted molar refractivity (Wildman–Crippen MR) is 110 cm³/mol. The van der Waals surface area contributed by atoms with Gasteiger partial charge >= 0.3 is 0 Å². The molecule has 28 heavy (non-hydrogen) atoms. The average Bonchev–Trinajstić information content (AvgIpc) is 2.68. The highest BCUT2D eigenvalue weighted by atomic mass is 16.5. The fourth-order valence-corrected chi connectivity index (χ4v) is 3.44. The zero-order valence-electron chi connectivity index (χ0n) is 16.8. The van der Waals surface area contributed by atoms with Crippen molar-refractivity contribution in [2.24, 2.45) is 0 Å². The molecule has 0 atom stereocenters. The van der Waals surface area contributed by atoms with Gasteiger partial charge in [-0.05, 0) is 57.4 Å². The highest BCUT2D eigenvalue weighted by molar-refractivity contribution is 5.94. The summed E-state index contributed by atoms with van der Waals surface area (Å²) in [5.41, 5.74) is 4.01. The molecular weight excluding hydrogens is 352 g/mol. The van der Waals surface area contributed by atoms with Crippen LogP contribution in [-0.2, 0) is 4.79 Å². The lowest BCUT2D eigenvalue weighted by atomic mass is 10.0. The van der Waals surface area contributed by atoms with Gasteiger partial charge in [0.15, 0.2) is 6.61 Å². The van der Waals surface area contributed by atoms with E-state index in [1.807, 2.05) is 68.1 Å². The first-order valence-corrected chi connectivity index (χ1v) is 9.78. The molecule has 1 fully saturated rings. The molecule has 2 aromatic rings. The molecule has 3 rings (SSSR count). The Morgan fingerprint density at radius 3 is 2.29 bits per heavy atom. The van der Waals surface area contributed by atoms with Gasteiger partial charge in [0.2, 0.25) is 0 Å². The molecule has 2 aromatic carbocycles. The van der Waals surface area contributed by atoms with E-state index in [0.29, 0.717) is 18.7 Å². The van der Waals surface area contributed by atoms with Crippen molar-refractivity contribution in [2.75, 3.05) is 19.7 Å². The van der Waals surface area contributed by atoms with Gasteiger partial charge in [0, 0.05) is 24.7 Å². The maximum absolute atomic E-state index is 12.4. The highest BCUT2D eigenvalue weighted by Crippen LogP contribution is 2.19. The molecule has 0 unspecified atom stereocenters. The van der Waals surface area contributed by atoms with Crippen molar-refractivity contribution in [3.05, 3.63) is 64.7 Å². The number of nitrogens with zero attached hydrogens (tertiary/aromatic N) is 1. The number of hydrogen-bond acceptors (Lipinski definition) is 3. The predicted octanol–water partition coefficient (Wildman–Crippen LogP) is 3.41. The number of aryl methyl sites for hydroxylation is 3. The molecule has 1 aliphatic rings. The van der Waals surface area contributed by atoms with Crippen LogP contribution in [-0.4, -0.2) is 42.5 Å². The number of hydrogen-bond donors (Lipinski definition) is 1. The zero-order valence-corrected chi connectivity index (χ0v) is 16.8. The minimum Gasteiger partial charge on any atom is -0.484 e. The molecule has 1 aliphatic heterocycles. The summed E-state index contributed by atoms with van der Waals surface area (Å²) in [7, 11) is 0. The lowest BCUT2D eigenvalue weighted by Crippen LogP contribution is -2.47. The first-order chi connectivity index (χ1) is 13.4. The molecular formula is C23H28N2O3. The van der Waals surface area contributed by atoms with Crippen LogP contribution < -0.4 is 10.1 Å². The Morgan fingerprint density at radius 1 is 1.00 bits per heavy atom. The molecule has 1 saturated heterocycles. The zero-order chi connectivity index (χ0) is 20.1. The smallest absolute Gasteiger partial charge is 0.260 e. The van der Waals surface area contributed by atoms with E-state index in [1.165, 1.54) is 5.56 Å². The van der Waals surface area contributed by atoms with Crippen molar-refractivity contribution in [3.63, 3.8) is 0 Å². The highest BCUT2D eigenvalue weighted by Gasteiger charge is 2.24. The van der Waals surface area contributed by atoms with Crippen LogP contribution in [0.3, 0.4) is 0 Å². The van der Waals surface area contributed by atoms with Crippen LogP contribution >= 0.6 is 0 Å². The Hall–Kier alpha value is -2.82. The maximum atomic E-state index is 12.4. The molecule has 5 nitrogen and oxygen atoms in total. The van der Waals surface area contributed by atoms with Crippen LogP contribution in [0.25, 0.3) is 0 Å². The largest absolute Gasteiger partial charge is 0.484 e. The average molecular weight is 380 g/mol. The Morgan fingerprint density at radius 2 is 1.64 bits per heavy atom. The SMILES string of the molecule is Cc1ccc(C(=O)NC2CCN(C(=O)COc3ccc(C)cc3C)CC2)cc1. The molecule has 5 heteroatoms. The molecule has 0 aromatic heterocycles. The van der Waals surface area contributed by atoms with Crippen LogP contribution in [0.15, 0.2) is 42.5 Å². The lowest BCUT2D eigenvalue weighted by Gasteiger charge is -2.32. The Balaban J connectivity index is 1.44. The summed E-state index contributed by atoms with van der Waals surface area (Å²) >= 11 is 0. The number of benzene rings is 2. The minimum atomic E-state index is -0.0528. The number of likely N-dealkylation sites (tertiary alicyclic amines) is 1. The Bertz CT molecular complexity index is 837. The van der Waals surface area contributed by atoms with Gasteiger partial charge in [-0.2, -0.15) is 0 Å². The van der Waals surface area contributed by atoms with Crippen molar-refractivity contribution in [1.29, 1.82) is 0 Å². The van der Waals surface area contributed by atoms with E-state index in [0.717, 1.165) is 29.7 Å². The van der Waals surface area contributed by atoms with Crippen LogP contribution in [0.5, 0.6) is 5.75 Å². The monoisotopic (exact) mass is 380 g/mol. The van der Waals surface area contributed by atoms with Gasteiger partial charge in [-0.15, -0.1) is 0 Å². The molecule has 1 N–H and O–H groups in total. The van der Waals surface area contributed by atoms with E-state index in [-0.39, 0.29) is 24.5 Å². The standard InChI is InChI=1S/C23H28N2O3/c1-16-4-7-19(8-5-16)23(27)24-20-10-12-25(13-11-20)22(26)15-28-21-9-6-17(2)14-18(21)3/h4-9,14,20H,10-13,15H2,1-3H3,(H,24,27). The van der Waals surface area contributed by atoms with Gasteiger partial charge in [0.05, 0.1) is 0 Å². The van der Waals surface area contributed by atoms with Crippen LogP contribution in [0.4, 0.5) is 0 Å². The van der Waals surface area contributed by atoms with Gasteiger partial charge in [-0.3, -0.25) is 9.59 Å².